The second kappa shape index (κ2) is 14.0. The molecule has 4 atom stereocenters. The number of amides is 1. The predicted octanol–water partition coefficient (Wildman–Crippen LogP) is 0.124. The molecule has 0 rings (SSSR count). The molecule has 0 saturated heterocycles. The van der Waals surface area contributed by atoms with Crippen molar-refractivity contribution in [3.8, 4) is 0 Å². The van der Waals surface area contributed by atoms with Crippen LogP contribution in [-0.2, 0) is 19.1 Å². The number of hydrogen-bond donors (Lipinski definition) is 4. The van der Waals surface area contributed by atoms with Gasteiger partial charge in [-0.25, -0.2) is 0 Å². The zero-order valence-electron chi connectivity index (χ0n) is 15.4. The normalized spacial score (nSPS) is 15.9. The standard InChI is InChI=1S/C17H33NO7/c1-4-5-6-7-8-9-10-18-17(23)16(24-3)15(22)14(21)13(20)11-25-12(2)19/h13-16,20-22H,4-11H2,1-3H3,(H,18,23)/t13-,14-,15+,16-/m1/s1. The molecule has 0 heterocycles. The molecule has 0 bridgehead atoms. The Balaban J connectivity index is 4.25. The van der Waals surface area contributed by atoms with Crippen LogP contribution < -0.4 is 5.32 Å². The molecule has 4 N–H and O–H groups in total. The molecule has 8 heteroatoms. The van der Waals surface area contributed by atoms with Crippen molar-refractivity contribution >= 4 is 11.9 Å². The van der Waals surface area contributed by atoms with Gasteiger partial charge in [0.1, 0.15) is 24.9 Å². The Morgan fingerprint density at radius 3 is 2.16 bits per heavy atom. The van der Waals surface area contributed by atoms with Crippen LogP contribution >= 0.6 is 0 Å². The Kier molecular flexibility index (Phi) is 13.3. The van der Waals surface area contributed by atoms with Gasteiger partial charge < -0.3 is 30.1 Å². The van der Waals surface area contributed by atoms with Gasteiger partial charge in [0.15, 0.2) is 6.10 Å². The van der Waals surface area contributed by atoms with Crippen LogP contribution in [0.4, 0.5) is 0 Å². The number of nitrogens with one attached hydrogen (secondary N) is 1. The van der Waals surface area contributed by atoms with Gasteiger partial charge in [-0.15, -0.1) is 0 Å². The second-order valence-electron chi connectivity index (χ2n) is 6.07. The monoisotopic (exact) mass is 363 g/mol. The zero-order chi connectivity index (χ0) is 19.2. The molecule has 0 fully saturated rings. The molecular formula is C17H33NO7. The van der Waals surface area contributed by atoms with Crippen molar-refractivity contribution in [2.24, 2.45) is 0 Å². The number of carbonyl (C=O) groups excluding carboxylic acids is 2. The quantitative estimate of drug-likeness (QED) is 0.255. The highest BCUT2D eigenvalue weighted by Crippen LogP contribution is 2.09. The summed E-state index contributed by atoms with van der Waals surface area (Å²) in [6.07, 6.45) is 0.295. The fourth-order valence-corrected chi connectivity index (χ4v) is 2.33. The summed E-state index contributed by atoms with van der Waals surface area (Å²) < 4.78 is 9.51. The number of aliphatic hydroxyl groups excluding tert-OH is 3. The van der Waals surface area contributed by atoms with Crippen LogP contribution in [0.25, 0.3) is 0 Å². The van der Waals surface area contributed by atoms with Gasteiger partial charge in [0.05, 0.1) is 0 Å². The summed E-state index contributed by atoms with van der Waals surface area (Å²) in [7, 11) is 1.23. The number of unbranched alkanes of at least 4 members (excludes halogenated alkanes) is 5. The predicted molar refractivity (Wildman–Crippen MR) is 91.8 cm³/mol. The maximum absolute atomic E-state index is 12.1. The first-order valence-electron chi connectivity index (χ1n) is 8.83. The summed E-state index contributed by atoms with van der Waals surface area (Å²) in [4.78, 5) is 22.8. The van der Waals surface area contributed by atoms with E-state index in [-0.39, 0.29) is 0 Å². The molecule has 25 heavy (non-hydrogen) atoms. The van der Waals surface area contributed by atoms with Crippen LogP contribution in [0, 0.1) is 0 Å². The van der Waals surface area contributed by atoms with Crippen LogP contribution in [0.3, 0.4) is 0 Å². The molecule has 0 aliphatic heterocycles. The molecular weight excluding hydrogens is 330 g/mol. The molecule has 148 valence electrons. The van der Waals surface area contributed by atoms with E-state index in [1.54, 1.807) is 0 Å². The number of aliphatic hydroxyl groups is 3. The molecule has 0 aromatic heterocycles. The van der Waals surface area contributed by atoms with Gasteiger partial charge in [-0.2, -0.15) is 0 Å². The molecule has 0 aromatic rings. The second-order valence-corrected chi connectivity index (χ2v) is 6.07. The van der Waals surface area contributed by atoms with Crippen molar-refractivity contribution in [1.29, 1.82) is 0 Å². The van der Waals surface area contributed by atoms with E-state index < -0.39 is 42.9 Å². The molecule has 0 radical (unpaired) electrons. The summed E-state index contributed by atoms with van der Waals surface area (Å²) >= 11 is 0. The fraction of sp³-hybridized carbons (Fsp3) is 0.882. The molecule has 0 aromatic carbocycles. The van der Waals surface area contributed by atoms with Crippen molar-refractivity contribution in [1.82, 2.24) is 5.32 Å². The van der Waals surface area contributed by atoms with Crippen LogP contribution in [0.2, 0.25) is 0 Å². The minimum absolute atomic E-state index is 0.448. The number of rotatable bonds is 14. The minimum Gasteiger partial charge on any atom is -0.463 e. The van der Waals surface area contributed by atoms with E-state index in [2.05, 4.69) is 17.0 Å². The van der Waals surface area contributed by atoms with Crippen LogP contribution in [0.15, 0.2) is 0 Å². The molecule has 0 aliphatic rings. The summed E-state index contributed by atoms with van der Waals surface area (Å²) in [5.41, 5.74) is 0. The van der Waals surface area contributed by atoms with E-state index in [4.69, 9.17) is 4.74 Å². The number of methoxy groups -OCH3 is 1. The molecule has 8 nitrogen and oxygen atoms in total. The zero-order valence-corrected chi connectivity index (χ0v) is 15.4. The van der Waals surface area contributed by atoms with Gasteiger partial charge in [0, 0.05) is 20.6 Å². The van der Waals surface area contributed by atoms with Crippen molar-refractivity contribution < 1.29 is 34.4 Å². The molecule has 0 spiro atoms. The van der Waals surface area contributed by atoms with E-state index in [9.17, 15) is 24.9 Å². The fourth-order valence-electron chi connectivity index (χ4n) is 2.33. The van der Waals surface area contributed by atoms with Crippen LogP contribution in [0.1, 0.15) is 52.4 Å². The Labute approximate surface area is 149 Å². The van der Waals surface area contributed by atoms with Gasteiger partial charge in [-0.1, -0.05) is 39.0 Å². The third-order valence-corrected chi connectivity index (χ3v) is 3.85. The van der Waals surface area contributed by atoms with E-state index in [0.29, 0.717) is 6.54 Å². The number of hydrogen-bond acceptors (Lipinski definition) is 7. The van der Waals surface area contributed by atoms with Crippen LogP contribution in [-0.4, -0.2) is 71.9 Å². The first kappa shape index (κ1) is 23.8. The smallest absolute Gasteiger partial charge is 0.302 e. The van der Waals surface area contributed by atoms with Gasteiger partial charge in [-0.3, -0.25) is 9.59 Å². The summed E-state index contributed by atoms with van der Waals surface area (Å²) in [5.74, 6) is -1.19. The molecule has 0 unspecified atom stereocenters. The lowest BCUT2D eigenvalue weighted by molar-refractivity contribution is -0.161. The molecule has 1 amide bonds. The average molecular weight is 363 g/mol. The first-order chi connectivity index (χ1) is 11.8. The molecule has 0 aliphatic carbocycles. The minimum atomic E-state index is -1.69. The first-order valence-corrected chi connectivity index (χ1v) is 8.83. The highest BCUT2D eigenvalue weighted by atomic mass is 16.5. The van der Waals surface area contributed by atoms with Crippen molar-refractivity contribution in [2.75, 3.05) is 20.3 Å². The van der Waals surface area contributed by atoms with E-state index >= 15 is 0 Å². The largest absolute Gasteiger partial charge is 0.463 e. The van der Waals surface area contributed by atoms with Gasteiger partial charge in [-0.05, 0) is 6.42 Å². The topological polar surface area (TPSA) is 125 Å². The Bertz CT molecular complexity index is 378. The van der Waals surface area contributed by atoms with Crippen molar-refractivity contribution in [2.45, 2.75) is 76.8 Å². The maximum atomic E-state index is 12.1. The van der Waals surface area contributed by atoms with E-state index in [0.717, 1.165) is 26.2 Å². The maximum Gasteiger partial charge on any atom is 0.302 e. The van der Waals surface area contributed by atoms with Crippen molar-refractivity contribution in [3.63, 3.8) is 0 Å². The highest BCUT2D eigenvalue weighted by molar-refractivity contribution is 5.81. The average Bonchev–Trinajstić information content (AvgIpc) is 2.58. The van der Waals surface area contributed by atoms with Gasteiger partial charge >= 0.3 is 5.97 Å². The SMILES string of the molecule is CCCCCCCCNC(=O)[C@H](OC)[C@@H](O)[C@H](O)[C@H](O)COC(C)=O. The summed E-state index contributed by atoms with van der Waals surface area (Å²) in [6, 6.07) is 0. The lowest BCUT2D eigenvalue weighted by Gasteiger charge is -2.27. The Hall–Kier alpha value is -1.22. The van der Waals surface area contributed by atoms with E-state index in [1.165, 1.54) is 26.4 Å². The third-order valence-electron chi connectivity index (χ3n) is 3.85. The Morgan fingerprint density at radius 1 is 1.00 bits per heavy atom. The summed E-state index contributed by atoms with van der Waals surface area (Å²) in [6.45, 7) is 3.27. The summed E-state index contributed by atoms with van der Waals surface area (Å²) in [5, 5.41) is 32.3. The molecule has 0 saturated carbocycles. The number of carbonyl (C=O) groups is 2. The third kappa shape index (κ3) is 10.4. The lowest BCUT2D eigenvalue weighted by Crippen LogP contribution is -2.52. The lowest BCUT2D eigenvalue weighted by atomic mass is 10.0. The number of ether oxygens (including phenoxy) is 2. The van der Waals surface area contributed by atoms with Crippen molar-refractivity contribution in [3.05, 3.63) is 0 Å². The Morgan fingerprint density at radius 2 is 1.60 bits per heavy atom. The van der Waals surface area contributed by atoms with E-state index in [1.807, 2.05) is 0 Å². The van der Waals surface area contributed by atoms with Gasteiger partial charge in [0.25, 0.3) is 5.91 Å². The van der Waals surface area contributed by atoms with Gasteiger partial charge in [0.2, 0.25) is 0 Å². The van der Waals surface area contributed by atoms with Crippen LogP contribution in [0.5, 0.6) is 0 Å². The number of esters is 1. The highest BCUT2D eigenvalue weighted by Gasteiger charge is 2.36.